The van der Waals surface area contributed by atoms with Crippen molar-refractivity contribution in [1.82, 2.24) is 4.98 Å². The highest BCUT2D eigenvalue weighted by Crippen LogP contribution is 2.42. The van der Waals surface area contributed by atoms with Crippen LogP contribution in [0, 0.1) is 23.0 Å². The molecule has 0 aliphatic heterocycles. The van der Waals surface area contributed by atoms with Crippen molar-refractivity contribution in [2.45, 2.75) is 18.2 Å². The first-order valence-electron chi connectivity index (χ1n) is 8.56. The molecule has 160 valence electrons. The summed E-state index contributed by atoms with van der Waals surface area (Å²) in [6.07, 6.45) is -3.81. The second-order valence-electron chi connectivity index (χ2n) is 6.36. The van der Waals surface area contributed by atoms with Crippen molar-refractivity contribution in [2.24, 2.45) is 0 Å². The molecule has 0 aliphatic rings. The Morgan fingerprint density at radius 2 is 1.52 bits per heavy atom. The van der Waals surface area contributed by atoms with Gasteiger partial charge in [-0.2, -0.15) is 14.0 Å². The number of ether oxygens (including phenoxy) is 1. The number of hydrogen-bond acceptors (Lipinski definition) is 3. The number of pyridine rings is 1. The van der Waals surface area contributed by atoms with Crippen molar-refractivity contribution >= 4 is 0 Å². The highest BCUT2D eigenvalue weighted by atomic mass is 19.4. The van der Waals surface area contributed by atoms with E-state index in [0.29, 0.717) is 17.2 Å². The number of aromatic nitrogens is 1. The number of alkyl halides is 5. The Morgan fingerprint density at radius 1 is 0.871 bits per heavy atom. The molecule has 0 N–H and O–H groups in total. The van der Waals surface area contributed by atoms with Crippen molar-refractivity contribution in [2.75, 3.05) is 0 Å². The van der Waals surface area contributed by atoms with Crippen LogP contribution in [0.2, 0.25) is 0 Å². The van der Waals surface area contributed by atoms with Crippen LogP contribution in [0.5, 0.6) is 5.75 Å². The summed E-state index contributed by atoms with van der Waals surface area (Å²) in [5.74, 6) is -8.88. The average Bonchev–Trinajstić information content (AvgIpc) is 2.69. The van der Waals surface area contributed by atoms with Gasteiger partial charge in [-0.3, -0.25) is 4.98 Å². The molecule has 3 aromatic rings. The van der Waals surface area contributed by atoms with E-state index in [9.17, 15) is 36.0 Å². The molecule has 3 nitrogen and oxygen atoms in total. The van der Waals surface area contributed by atoms with Crippen LogP contribution < -0.4 is 4.74 Å². The van der Waals surface area contributed by atoms with Crippen molar-refractivity contribution < 1.29 is 35.5 Å². The molecular weight excluding hydrogens is 429 g/mol. The SMILES string of the molecule is N#CC(c1ccc(F)cc1F)C(F)(F)c1ccc(-c2ccc(OC(F)(F)F)cc2)cn1. The standard InChI is InChI=1S/C21H11F7N2O/c22-14-4-7-16(18(23)9-14)17(10-29)20(24,25)19-8-3-13(11-30-19)12-1-5-15(6-2-12)31-21(26,27)28/h1-9,11,17H. The van der Waals surface area contributed by atoms with Gasteiger partial charge < -0.3 is 4.74 Å². The predicted molar refractivity (Wildman–Crippen MR) is 95.0 cm³/mol. The maximum absolute atomic E-state index is 14.9. The van der Waals surface area contributed by atoms with Gasteiger partial charge in [0.25, 0.3) is 0 Å². The molecule has 0 saturated carbocycles. The smallest absolute Gasteiger partial charge is 0.406 e. The van der Waals surface area contributed by atoms with Crippen molar-refractivity contribution in [1.29, 1.82) is 5.26 Å². The molecule has 0 amide bonds. The summed E-state index contributed by atoms with van der Waals surface area (Å²) in [4.78, 5) is 3.64. The zero-order valence-electron chi connectivity index (χ0n) is 15.3. The van der Waals surface area contributed by atoms with Crippen molar-refractivity contribution in [3.05, 3.63) is 83.7 Å². The summed E-state index contributed by atoms with van der Waals surface area (Å²) >= 11 is 0. The lowest BCUT2D eigenvalue weighted by Gasteiger charge is -2.22. The van der Waals surface area contributed by atoms with E-state index in [1.807, 2.05) is 0 Å². The van der Waals surface area contributed by atoms with E-state index >= 15 is 0 Å². The van der Waals surface area contributed by atoms with Gasteiger partial charge in [-0.25, -0.2) is 8.78 Å². The van der Waals surface area contributed by atoms with Crippen LogP contribution in [0.3, 0.4) is 0 Å². The van der Waals surface area contributed by atoms with Gasteiger partial charge in [0.15, 0.2) is 0 Å². The molecule has 0 fully saturated rings. The summed E-state index contributed by atoms with van der Waals surface area (Å²) in [7, 11) is 0. The van der Waals surface area contributed by atoms with Crippen molar-refractivity contribution in [3.63, 3.8) is 0 Å². The second kappa shape index (κ2) is 8.26. The van der Waals surface area contributed by atoms with Crippen LogP contribution in [-0.4, -0.2) is 11.3 Å². The van der Waals surface area contributed by atoms with Gasteiger partial charge in [0, 0.05) is 23.4 Å². The number of halogens is 7. The van der Waals surface area contributed by atoms with Crippen LogP contribution in [0.1, 0.15) is 17.2 Å². The Hall–Kier alpha value is -3.61. The molecule has 1 aromatic heterocycles. The maximum atomic E-state index is 14.9. The molecule has 1 heterocycles. The predicted octanol–water partition coefficient (Wildman–Crippen LogP) is 6.32. The molecule has 0 aliphatic carbocycles. The van der Waals surface area contributed by atoms with Crippen LogP contribution in [-0.2, 0) is 5.92 Å². The molecule has 0 saturated heterocycles. The maximum Gasteiger partial charge on any atom is 0.573 e. The molecule has 31 heavy (non-hydrogen) atoms. The average molecular weight is 440 g/mol. The van der Waals surface area contributed by atoms with E-state index in [1.54, 1.807) is 0 Å². The minimum absolute atomic E-state index is 0.305. The fourth-order valence-corrected chi connectivity index (χ4v) is 2.84. The molecule has 0 spiro atoms. The normalized spacial score (nSPS) is 12.8. The van der Waals surface area contributed by atoms with E-state index in [-0.39, 0.29) is 0 Å². The number of rotatable bonds is 5. The first-order valence-corrected chi connectivity index (χ1v) is 8.56. The highest BCUT2D eigenvalue weighted by Gasteiger charge is 2.45. The van der Waals surface area contributed by atoms with Gasteiger partial charge in [0.1, 0.15) is 29.0 Å². The van der Waals surface area contributed by atoms with Gasteiger partial charge in [-0.1, -0.05) is 24.3 Å². The van der Waals surface area contributed by atoms with Gasteiger partial charge in [-0.15, -0.1) is 13.2 Å². The molecule has 2 aromatic carbocycles. The third-order valence-corrected chi connectivity index (χ3v) is 4.29. The summed E-state index contributed by atoms with van der Waals surface area (Å²) in [5, 5.41) is 9.20. The third kappa shape index (κ3) is 4.94. The van der Waals surface area contributed by atoms with E-state index < -0.39 is 46.8 Å². The molecule has 1 atom stereocenters. The molecule has 1 unspecified atom stereocenters. The van der Waals surface area contributed by atoms with Gasteiger partial charge in [0.2, 0.25) is 0 Å². The molecular formula is C21H11F7N2O. The topological polar surface area (TPSA) is 45.9 Å². The Balaban J connectivity index is 1.86. The zero-order valence-corrected chi connectivity index (χ0v) is 15.3. The quantitative estimate of drug-likeness (QED) is 0.436. The Morgan fingerprint density at radius 3 is 2.03 bits per heavy atom. The van der Waals surface area contributed by atoms with Crippen molar-refractivity contribution in [3.8, 4) is 22.9 Å². The monoisotopic (exact) mass is 440 g/mol. The van der Waals surface area contributed by atoms with E-state index in [2.05, 4.69) is 9.72 Å². The zero-order chi connectivity index (χ0) is 22.8. The molecule has 0 radical (unpaired) electrons. The molecule has 3 rings (SSSR count). The first-order chi connectivity index (χ1) is 14.5. The fourth-order valence-electron chi connectivity index (χ4n) is 2.84. The van der Waals surface area contributed by atoms with Gasteiger partial charge in [-0.05, 0) is 29.8 Å². The fraction of sp³-hybridized carbons (Fsp3) is 0.143. The Bertz CT molecular complexity index is 1100. The lowest BCUT2D eigenvalue weighted by atomic mass is 9.91. The first kappa shape index (κ1) is 22.1. The van der Waals surface area contributed by atoms with Crippen LogP contribution in [0.15, 0.2) is 60.8 Å². The largest absolute Gasteiger partial charge is 0.573 e. The summed E-state index contributed by atoms with van der Waals surface area (Å²) < 4.78 is 97.1. The minimum atomic E-state index is -4.85. The molecule has 10 heteroatoms. The Kier molecular flexibility index (Phi) is 5.88. The summed E-state index contributed by atoms with van der Waals surface area (Å²) in [5.41, 5.74) is -0.832. The number of benzene rings is 2. The third-order valence-electron chi connectivity index (χ3n) is 4.29. The lowest BCUT2D eigenvalue weighted by molar-refractivity contribution is -0.274. The van der Waals surface area contributed by atoms with Crippen LogP contribution in [0.4, 0.5) is 30.7 Å². The summed E-state index contributed by atoms with van der Waals surface area (Å²) in [6.45, 7) is 0. The number of nitrogens with zero attached hydrogens (tertiary/aromatic N) is 2. The number of nitriles is 1. The van der Waals surface area contributed by atoms with E-state index in [1.165, 1.54) is 24.3 Å². The molecule has 0 bridgehead atoms. The van der Waals surface area contributed by atoms with Gasteiger partial charge in [0.05, 0.1) is 6.07 Å². The van der Waals surface area contributed by atoms with E-state index in [4.69, 9.17) is 0 Å². The lowest BCUT2D eigenvalue weighted by Crippen LogP contribution is -2.25. The van der Waals surface area contributed by atoms with Crippen LogP contribution in [0.25, 0.3) is 11.1 Å². The van der Waals surface area contributed by atoms with Crippen LogP contribution >= 0.6 is 0 Å². The summed E-state index contributed by atoms with van der Waals surface area (Å²) in [6, 6.07) is 10.1. The highest BCUT2D eigenvalue weighted by molar-refractivity contribution is 5.63. The second-order valence-corrected chi connectivity index (χ2v) is 6.36. The minimum Gasteiger partial charge on any atom is -0.406 e. The van der Waals surface area contributed by atoms with E-state index in [0.717, 1.165) is 36.5 Å². The Labute approximate surface area is 171 Å². The number of hydrogen-bond donors (Lipinski definition) is 0. The van der Waals surface area contributed by atoms with Gasteiger partial charge >= 0.3 is 12.3 Å².